The van der Waals surface area contributed by atoms with Gasteiger partial charge >= 0.3 is 0 Å². The van der Waals surface area contributed by atoms with Crippen LogP contribution in [0.2, 0.25) is 0 Å². The van der Waals surface area contributed by atoms with E-state index in [2.05, 4.69) is 15.9 Å². The van der Waals surface area contributed by atoms with Crippen molar-refractivity contribution in [3.05, 3.63) is 29.3 Å². The number of aryl methyl sites for hydroxylation is 2. The van der Waals surface area contributed by atoms with Crippen LogP contribution in [0.1, 0.15) is 11.1 Å². The first kappa shape index (κ1) is 11.7. The molecule has 0 aliphatic heterocycles. The molecule has 0 amide bonds. The van der Waals surface area contributed by atoms with Crippen LogP contribution in [0.3, 0.4) is 0 Å². The van der Waals surface area contributed by atoms with Crippen molar-refractivity contribution >= 4 is 25.8 Å². The largest absolute Gasteiger partial charge is 0.224 e. The molecule has 1 aromatic rings. The van der Waals surface area contributed by atoms with Crippen molar-refractivity contribution in [2.24, 2.45) is 0 Å². The second-order valence-corrected chi connectivity index (χ2v) is 6.15. The Kier molecular flexibility index (Phi) is 3.72. The lowest BCUT2D eigenvalue weighted by Crippen LogP contribution is -2.09. The van der Waals surface area contributed by atoms with E-state index in [1.54, 1.807) is 6.07 Å². The van der Waals surface area contributed by atoms with Crippen LogP contribution in [0.5, 0.6) is 0 Å². The Morgan fingerprint density at radius 1 is 1.29 bits per heavy atom. The van der Waals surface area contributed by atoms with Crippen molar-refractivity contribution in [3.63, 3.8) is 0 Å². The lowest BCUT2D eigenvalue weighted by molar-refractivity contribution is 0.597. The quantitative estimate of drug-likeness (QED) is 0.795. The maximum absolute atomic E-state index is 11.8. The third-order valence-electron chi connectivity index (χ3n) is 2.02. The summed E-state index contributed by atoms with van der Waals surface area (Å²) in [5.74, 6) is 0.150. The molecular formula is C10H13BrO2S. The number of halogens is 1. The van der Waals surface area contributed by atoms with Crippen molar-refractivity contribution in [2.45, 2.75) is 18.7 Å². The van der Waals surface area contributed by atoms with Crippen LogP contribution in [0.15, 0.2) is 23.1 Å². The van der Waals surface area contributed by atoms with E-state index in [4.69, 9.17) is 0 Å². The summed E-state index contributed by atoms with van der Waals surface area (Å²) < 4.78 is 23.6. The van der Waals surface area contributed by atoms with Crippen LogP contribution in [0.25, 0.3) is 0 Å². The Morgan fingerprint density at radius 2 is 1.93 bits per heavy atom. The fraction of sp³-hybridized carbons (Fsp3) is 0.400. The van der Waals surface area contributed by atoms with Gasteiger partial charge in [-0.3, -0.25) is 0 Å². The zero-order valence-corrected chi connectivity index (χ0v) is 10.7. The van der Waals surface area contributed by atoms with Crippen LogP contribution in [0.4, 0.5) is 0 Å². The van der Waals surface area contributed by atoms with Gasteiger partial charge in [-0.2, -0.15) is 0 Å². The molecule has 2 nitrogen and oxygen atoms in total. The summed E-state index contributed by atoms with van der Waals surface area (Å²) >= 11 is 3.15. The topological polar surface area (TPSA) is 34.1 Å². The van der Waals surface area contributed by atoms with E-state index >= 15 is 0 Å². The van der Waals surface area contributed by atoms with Gasteiger partial charge in [0.05, 0.1) is 10.6 Å². The minimum absolute atomic E-state index is 0.150. The summed E-state index contributed by atoms with van der Waals surface area (Å²) in [6.45, 7) is 3.72. The number of rotatable bonds is 3. The van der Waals surface area contributed by atoms with Crippen molar-refractivity contribution in [3.8, 4) is 0 Å². The van der Waals surface area contributed by atoms with Gasteiger partial charge in [-0.05, 0) is 31.0 Å². The Balaban J connectivity index is 3.25. The van der Waals surface area contributed by atoms with E-state index in [1.165, 1.54) is 0 Å². The number of sulfone groups is 1. The highest BCUT2D eigenvalue weighted by Crippen LogP contribution is 2.18. The molecule has 0 heterocycles. The van der Waals surface area contributed by atoms with Gasteiger partial charge in [-0.15, -0.1) is 0 Å². The normalized spacial score (nSPS) is 11.6. The zero-order chi connectivity index (χ0) is 10.8. The molecule has 4 heteroatoms. The average Bonchev–Trinajstić information content (AvgIpc) is 2.09. The van der Waals surface area contributed by atoms with E-state index in [0.29, 0.717) is 10.2 Å². The molecule has 0 radical (unpaired) electrons. The van der Waals surface area contributed by atoms with Gasteiger partial charge in [0.1, 0.15) is 0 Å². The Hall–Kier alpha value is -0.350. The third kappa shape index (κ3) is 2.58. The van der Waals surface area contributed by atoms with Gasteiger partial charge in [-0.25, -0.2) is 8.42 Å². The molecule has 0 unspecified atom stereocenters. The zero-order valence-electron chi connectivity index (χ0n) is 8.25. The molecular weight excluding hydrogens is 264 g/mol. The SMILES string of the molecule is Cc1ccc(C)c(S(=O)(=O)CCBr)c1. The maximum atomic E-state index is 11.8. The third-order valence-corrected chi connectivity index (χ3v) is 4.80. The van der Waals surface area contributed by atoms with Gasteiger partial charge in [0.25, 0.3) is 0 Å². The summed E-state index contributed by atoms with van der Waals surface area (Å²) in [5, 5.41) is 0.475. The van der Waals surface area contributed by atoms with Gasteiger partial charge in [-0.1, -0.05) is 28.1 Å². The standard InChI is InChI=1S/C10H13BrO2S/c1-8-3-4-9(2)10(7-8)14(12,13)6-5-11/h3-4,7H,5-6H2,1-2H3. The fourth-order valence-electron chi connectivity index (χ4n) is 1.25. The first-order chi connectivity index (χ1) is 6.47. The second-order valence-electron chi connectivity index (χ2n) is 3.28. The van der Waals surface area contributed by atoms with Crippen molar-refractivity contribution in [1.29, 1.82) is 0 Å². The number of hydrogen-bond donors (Lipinski definition) is 0. The Morgan fingerprint density at radius 3 is 2.50 bits per heavy atom. The lowest BCUT2D eigenvalue weighted by Gasteiger charge is -2.06. The molecule has 0 bridgehead atoms. The van der Waals surface area contributed by atoms with Crippen LogP contribution in [-0.4, -0.2) is 19.5 Å². The van der Waals surface area contributed by atoms with Crippen LogP contribution >= 0.6 is 15.9 Å². The number of alkyl halides is 1. The molecule has 0 saturated carbocycles. The molecule has 78 valence electrons. The summed E-state index contributed by atoms with van der Waals surface area (Å²) in [7, 11) is -3.11. The van der Waals surface area contributed by atoms with Crippen LogP contribution in [-0.2, 0) is 9.84 Å². The molecule has 0 spiro atoms. The van der Waals surface area contributed by atoms with Gasteiger partial charge in [0.15, 0.2) is 9.84 Å². The van der Waals surface area contributed by atoms with Crippen LogP contribution in [0, 0.1) is 13.8 Å². The summed E-state index contributed by atoms with van der Waals surface area (Å²) in [5.41, 5.74) is 1.79. The smallest absolute Gasteiger partial charge is 0.179 e. The summed E-state index contributed by atoms with van der Waals surface area (Å²) in [4.78, 5) is 0.456. The predicted octanol–water partition coefficient (Wildman–Crippen LogP) is 2.47. The van der Waals surface area contributed by atoms with E-state index in [9.17, 15) is 8.42 Å². The highest BCUT2D eigenvalue weighted by atomic mass is 79.9. The van der Waals surface area contributed by atoms with E-state index < -0.39 is 9.84 Å². The first-order valence-corrected chi connectivity index (χ1v) is 7.11. The van der Waals surface area contributed by atoms with Gasteiger partial charge < -0.3 is 0 Å². The minimum Gasteiger partial charge on any atom is -0.224 e. The van der Waals surface area contributed by atoms with Crippen LogP contribution < -0.4 is 0 Å². The summed E-state index contributed by atoms with van der Waals surface area (Å²) in [6, 6.07) is 5.49. The predicted molar refractivity (Wildman–Crippen MR) is 61.8 cm³/mol. The maximum Gasteiger partial charge on any atom is 0.179 e. The van der Waals surface area contributed by atoms with E-state index in [1.807, 2.05) is 26.0 Å². The van der Waals surface area contributed by atoms with E-state index in [0.717, 1.165) is 11.1 Å². The molecule has 0 atom stereocenters. The fourth-order valence-corrected chi connectivity index (χ4v) is 3.88. The lowest BCUT2D eigenvalue weighted by atomic mass is 10.2. The molecule has 0 fully saturated rings. The monoisotopic (exact) mass is 276 g/mol. The number of benzene rings is 1. The molecule has 14 heavy (non-hydrogen) atoms. The molecule has 1 aromatic carbocycles. The average molecular weight is 277 g/mol. The van der Waals surface area contributed by atoms with Crippen molar-refractivity contribution in [1.82, 2.24) is 0 Å². The molecule has 0 aromatic heterocycles. The molecule has 1 rings (SSSR count). The minimum atomic E-state index is -3.11. The molecule has 0 N–H and O–H groups in total. The Labute approximate surface area is 93.4 Å². The highest BCUT2D eigenvalue weighted by Gasteiger charge is 2.15. The highest BCUT2D eigenvalue weighted by molar-refractivity contribution is 9.09. The molecule has 0 aliphatic rings. The molecule has 0 aliphatic carbocycles. The summed E-state index contributed by atoms with van der Waals surface area (Å²) in [6.07, 6.45) is 0. The molecule has 0 saturated heterocycles. The van der Waals surface area contributed by atoms with E-state index in [-0.39, 0.29) is 5.75 Å². The van der Waals surface area contributed by atoms with Gasteiger partial charge in [0.2, 0.25) is 0 Å². The van der Waals surface area contributed by atoms with Crippen molar-refractivity contribution < 1.29 is 8.42 Å². The first-order valence-electron chi connectivity index (χ1n) is 4.33. The Bertz CT molecular complexity index is 424. The second kappa shape index (κ2) is 4.45. The van der Waals surface area contributed by atoms with Gasteiger partial charge in [0, 0.05) is 5.33 Å². The number of hydrogen-bond acceptors (Lipinski definition) is 2. The van der Waals surface area contributed by atoms with Crippen molar-refractivity contribution in [2.75, 3.05) is 11.1 Å².